The third kappa shape index (κ3) is 3.43. The van der Waals surface area contributed by atoms with Gasteiger partial charge in [-0.15, -0.1) is 0 Å². The molecule has 4 rings (SSSR count). The zero-order chi connectivity index (χ0) is 21.3. The average molecular weight is 405 g/mol. The van der Waals surface area contributed by atoms with Crippen molar-refractivity contribution in [2.75, 3.05) is 22.6 Å². The lowest BCUT2D eigenvalue weighted by molar-refractivity contribution is -0.136. The lowest BCUT2D eigenvalue weighted by Gasteiger charge is -2.23. The van der Waals surface area contributed by atoms with Crippen LogP contribution in [-0.2, 0) is 23.9 Å². The molecular weight excluding hydrogens is 386 g/mol. The van der Waals surface area contributed by atoms with Crippen LogP contribution in [0.5, 0.6) is 0 Å². The summed E-state index contributed by atoms with van der Waals surface area (Å²) >= 11 is 0. The lowest BCUT2D eigenvalue weighted by Crippen LogP contribution is -2.32. The van der Waals surface area contributed by atoms with E-state index in [2.05, 4.69) is 10.6 Å². The van der Waals surface area contributed by atoms with Crippen LogP contribution >= 0.6 is 0 Å². The van der Waals surface area contributed by atoms with Crippen LogP contribution in [0.25, 0.3) is 0 Å². The van der Waals surface area contributed by atoms with Crippen LogP contribution in [0.2, 0.25) is 0 Å². The Kier molecular flexibility index (Phi) is 5.05. The second-order valence-corrected chi connectivity index (χ2v) is 6.98. The fourth-order valence-electron chi connectivity index (χ4n) is 3.65. The lowest BCUT2D eigenvalue weighted by atomic mass is 9.95. The molecule has 30 heavy (non-hydrogen) atoms. The third-order valence-corrected chi connectivity index (χ3v) is 5.10. The molecule has 2 aliphatic heterocycles. The van der Waals surface area contributed by atoms with Crippen molar-refractivity contribution in [3.63, 3.8) is 0 Å². The number of para-hydroxylation sites is 3. The highest BCUT2D eigenvalue weighted by Crippen LogP contribution is 2.34. The van der Waals surface area contributed by atoms with Crippen molar-refractivity contribution >= 4 is 40.8 Å². The van der Waals surface area contributed by atoms with Crippen molar-refractivity contribution in [2.45, 2.75) is 12.8 Å². The van der Waals surface area contributed by atoms with E-state index in [1.54, 1.807) is 54.6 Å². The van der Waals surface area contributed by atoms with Crippen LogP contribution in [0.15, 0.2) is 65.9 Å². The van der Waals surface area contributed by atoms with Gasteiger partial charge in [0.15, 0.2) is 0 Å². The van der Waals surface area contributed by atoms with Gasteiger partial charge in [0.05, 0.1) is 35.7 Å². The van der Waals surface area contributed by atoms with E-state index in [4.69, 9.17) is 4.74 Å². The minimum absolute atomic E-state index is 0.0129. The van der Waals surface area contributed by atoms with Gasteiger partial charge in [-0.05, 0) is 30.7 Å². The summed E-state index contributed by atoms with van der Waals surface area (Å²) in [4.78, 5) is 51.7. The highest BCUT2D eigenvalue weighted by molar-refractivity contribution is 6.21. The molecule has 0 bridgehead atoms. The van der Waals surface area contributed by atoms with Gasteiger partial charge in [0, 0.05) is 6.42 Å². The monoisotopic (exact) mass is 405 g/mol. The molecule has 2 aliphatic rings. The summed E-state index contributed by atoms with van der Waals surface area (Å²) in [7, 11) is 1.20. The first-order chi connectivity index (χ1) is 14.5. The molecule has 2 heterocycles. The fourth-order valence-corrected chi connectivity index (χ4v) is 3.65. The normalized spacial score (nSPS) is 19.7. The molecule has 2 aromatic carbocycles. The molecule has 0 spiro atoms. The van der Waals surface area contributed by atoms with Gasteiger partial charge in [0.2, 0.25) is 11.8 Å². The van der Waals surface area contributed by atoms with E-state index in [1.165, 1.54) is 7.11 Å². The van der Waals surface area contributed by atoms with Gasteiger partial charge in [-0.3, -0.25) is 19.3 Å². The summed E-state index contributed by atoms with van der Waals surface area (Å²) in [5.41, 5.74) is 1.71. The molecule has 0 aromatic heterocycles. The number of amides is 3. The molecule has 8 nitrogen and oxygen atoms in total. The Hall–Kier alpha value is -3.94. The van der Waals surface area contributed by atoms with E-state index in [0.29, 0.717) is 17.1 Å². The Morgan fingerprint density at radius 1 is 1.00 bits per heavy atom. The van der Waals surface area contributed by atoms with Crippen molar-refractivity contribution < 1.29 is 23.9 Å². The number of ether oxygens (including phenoxy) is 1. The van der Waals surface area contributed by atoms with Gasteiger partial charge in [-0.25, -0.2) is 4.79 Å². The number of carbonyl (C=O) groups excluding carboxylic acids is 4. The molecule has 0 saturated carbocycles. The first-order valence-corrected chi connectivity index (χ1v) is 9.40. The molecular formula is C22H19N3O5. The van der Waals surface area contributed by atoms with Crippen LogP contribution in [0.4, 0.5) is 17.1 Å². The first-order valence-electron chi connectivity index (χ1n) is 9.40. The van der Waals surface area contributed by atoms with Crippen LogP contribution in [-0.4, -0.2) is 30.8 Å². The average Bonchev–Trinajstić information content (AvgIpc) is 3.04. The van der Waals surface area contributed by atoms with Crippen LogP contribution < -0.4 is 15.5 Å². The number of nitrogens with zero attached hydrogens (tertiary/aromatic N) is 1. The number of fused-ring (bicyclic) bond motifs is 1. The summed E-state index contributed by atoms with van der Waals surface area (Å²) < 4.78 is 4.86. The number of hydrogen-bond donors (Lipinski definition) is 2. The summed E-state index contributed by atoms with van der Waals surface area (Å²) in [5, 5.41) is 5.68. The van der Waals surface area contributed by atoms with Crippen molar-refractivity contribution in [1.29, 1.82) is 0 Å². The first kappa shape index (κ1) is 19.4. The zero-order valence-corrected chi connectivity index (χ0v) is 16.2. The highest BCUT2D eigenvalue weighted by atomic mass is 16.5. The largest absolute Gasteiger partial charge is 0.466 e. The molecule has 3 amide bonds. The predicted octanol–water partition coefficient (Wildman–Crippen LogP) is 2.45. The van der Waals surface area contributed by atoms with Gasteiger partial charge in [0.1, 0.15) is 5.70 Å². The number of hydrogen-bond acceptors (Lipinski definition) is 6. The summed E-state index contributed by atoms with van der Waals surface area (Å²) in [6, 6.07) is 15.6. The number of imide groups is 1. The number of carbonyl (C=O) groups is 4. The van der Waals surface area contributed by atoms with Crippen LogP contribution in [0.1, 0.15) is 12.8 Å². The summed E-state index contributed by atoms with van der Waals surface area (Å²) in [6.45, 7) is 0. The topological polar surface area (TPSA) is 105 Å². The number of methoxy groups -OCH3 is 1. The second-order valence-electron chi connectivity index (χ2n) is 6.98. The Labute approximate surface area is 172 Å². The molecule has 0 radical (unpaired) electrons. The third-order valence-electron chi connectivity index (χ3n) is 5.10. The number of anilines is 3. The van der Waals surface area contributed by atoms with Gasteiger partial charge in [-0.1, -0.05) is 30.3 Å². The molecule has 1 atom stereocenters. The quantitative estimate of drug-likeness (QED) is 0.460. The maximum atomic E-state index is 12.9. The molecule has 152 valence electrons. The van der Waals surface area contributed by atoms with Crippen LogP contribution in [0.3, 0.4) is 0 Å². The standard InChI is InChI=1S/C22H19N3O5/c1-30-22(29)15(19-20(27)24-17-10-6-5-9-16(17)23-19)11-13-12-18(26)25(21(13)28)14-7-3-2-4-8-14/h2-10,13,23H,11-12H2,1H3,(H,24,27). The number of nitrogens with one attached hydrogen (secondary N) is 2. The van der Waals surface area contributed by atoms with E-state index in [9.17, 15) is 19.2 Å². The predicted molar refractivity (Wildman–Crippen MR) is 109 cm³/mol. The molecule has 1 fully saturated rings. The van der Waals surface area contributed by atoms with Crippen LogP contribution in [0, 0.1) is 5.92 Å². The van der Waals surface area contributed by atoms with Crippen molar-refractivity contribution in [2.24, 2.45) is 5.92 Å². The highest BCUT2D eigenvalue weighted by Gasteiger charge is 2.41. The maximum absolute atomic E-state index is 12.9. The summed E-state index contributed by atoms with van der Waals surface area (Å²) in [6.07, 6.45) is -0.155. The molecule has 1 unspecified atom stereocenters. The number of benzene rings is 2. The van der Waals surface area contributed by atoms with Gasteiger partial charge >= 0.3 is 5.97 Å². The Morgan fingerprint density at radius 3 is 2.30 bits per heavy atom. The second kappa shape index (κ2) is 7.82. The van der Waals surface area contributed by atoms with Gasteiger partial charge < -0.3 is 15.4 Å². The molecule has 2 aromatic rings. The summed E-state index contributed by atoms with van der Waals surface area (Å²) in [5.74, 6) is -2.77. The Balaban J connectivity index is 1.66. The molecule has 2 N–H and O–H groups in total. The van der Waals surface area contributed by atoms with Crippen molar-refractivity contribution in [3.8, 4) is 0 Å². The Bertz CT molecular complexity index is 1080. The fraction of sp³-hybridized carbons (Fsp3) is 0.182. The minimum atomic E-state index is -0.772. The van der Waals surface area contributed by atoms with E-state index in [-0.39, 0.29) is 30.0 Å². The molecule has 8 heteroatoms. The van der Waals surface area contributed by atoms with E-state index >= 15 is 0 Å². The smallest absolute Gasteiger partial charge is 0.336 e. The SMILES string of the molecule is COC(=O)C(CC1CC(=O)N(c2ccccc2)C1=O)=C1Nc2ccccc2NC1=O. The van der Waals surface area contributed by atoms with Gasteiger partial charge in [0.25, 0.3) is 5.91 Å². The van der Waals surface area contributed by atoms with E-state index in [1.807, 2.05) is 0 Å². The molecule has 1 saturated heterocycles. The minimum Gasteiger partial charge on any atom is -0.466 e. The molecule has 0 aliphatic carbocycles. The zero-order valence-electron chi connectivity index (χ0n) is 16.2. The van der Waals surface area contributed by atoms with E-state index in [0.717, 1.165) is 4.90 Å². The van der Waals surface area contributed by atoms with E-state index < -0.39 is 23.7 Å². The van der Waals surface area contributed by atoms with Crippen molar-refractivity contribution in [3.05, 3.63) is 65.9 Å². The maximum Gasteiger partial charge on any atom is 0.336 e. The Morgan fingerprint density at radius 2 is 1.63 bits per heavy atom. The van der Waals surface area contributed by atoms with Gasteiger partial charge in [-0.2, -0.15) is 0 Å². The number of esters is 1. The number of rotatable bonds is 4. The van der Waals surface area contributed by atoms with Crippen molar-refractivity contribution in [1.82, 2.24) is 0 Å².